The van der Waals surface area contributed by atoms with E-state index < -0.39 is 17.7 Å². The van der Waals surface area contributed by atoms with Crippen LogP contribution in [0.4, 0.5) is 18.9 Å². The molecule has 1 aliphatic carbocycles. The van der Waals surface area contributed by atoms with E-state index in [0.717, 1.165) is 35.3 Å². The minimum Gasteiger partial charge on any atom is -0.488 e. The summed E-state index contributed by atoms with van der Waals surface area (Å²) in [7, 11) is 0. The van der Waals surface area contributed by atoms with Crippen molar-refractivity contribution in [3.63, 3.8) is 0 Å². The molecular weight excluding hydrogens is 507 g/mol. The quantitative estimate of drug-likeness (QED) is 0.282. The van der Waals surface area contributed by atoms with Crippen molar-refractivity contribution in [2.45, 2.75) is 52.3 Å². The highest BCUT2D eigenvalue weighted by atomic mass is 19.4. The van der Waals surface area contributed by atoms with Crippen LogP contribution in [0.25, 0.3) is 11.1 Å². The summed E-state index contributed by atoms with van der Waals surface area (Å²) in [6, 6.07) is 17.9. The number of carbonyl (C=O) groups excluding carboxylic acids is 2. The number of nitrogens with one attached hydrogen (secondary N) is 1. The van der Waals surface area contributed by atoms with E-state index in [2.05, 4.69) is 5.32 Å². The van der Waals surface area contributed by atoms with Gasteiger partial charge in [-0.3, -0.25) is 4.79 Å². The van der Waals surface area contributed by atoms with Gasteiger partial charge in [0.25, 0.3) is 0 Å². The number of anilines is 1. The maximum absolute atomic E-state index is 13.7. The lowest BCUT2D eigenvalue weighted by atomic mass is 9.93. The predicted molar refractivity (Wildman–Crippen MR) is 144 cm³/mol. The largest absolute Gasteiger partial charge is 0.488 e. The average molecular weight is 538 g/mol. The minimum atomic E-state index is -4.52. The molecule has 0 bridgehead atoms. The molecule has 0 unspecified atom stereocenters. The van der Waals surface area contributed by atoms with Crippen molar-refractivity contribution in [1.82, 2.24) is 0 Å². The molecule has 8 heteroatoms. The van der Waals surface area contributed by atoms with Crippen LogP contribution in [0.5, 0.6) is 5.75 Å². The summed E-state index contributed by atoms with van der Waals surface area (Å²) in [6.07, 6.45) is -2.41. The van der Waals surface area contributed by atoms with Gasteiger partial charge in [-0.05, 0) is 84.9 Å². The molecule has 0 radical (unpaired) electrons. The third kappa shape index (κ3) is 6.88. The molecule has 4 rings (SSSR count). The number of hydrogen-bond donors (Lipinski definition) is 1. The van der Waals surface area contributed by atoms with Crippen LogP contribution in [-0.2, 0) is 22.3 Å². The van der Waals surface area contributed by atoms with Crippen LogP contribution in [-0.4, -0.2) is 18.5 Å². The topological polar surface area (TPSA) is 64.6 Å². The number of esters is 1. The van der Waals surface area contributed by atoms with Gasteiger partial charge in [-0.2, -0.15) is 13.2 Å². The number of benzene rings is 3. The van der Waals surface area contributed by atoms with Gasteiger partial charge in [0.05, 0.1) is 17.7 Å². The van der Waals surface area contributed by atoms with Crippen molar-refractivity contribution in [3.8, 4) is 5.75 Å². The predicted octanol–water partition coefficient (Wildman–Crippen LogP) is 7.90. The van der Waals surface area contributed by atoms with Gasteiger partial charge in [-0.1, -0.05) is 37.3 Å². The number of hydrogen-bond acceptors (Lipinski definition) is 4. The highest BCUT2D eigenvalue weighted by Crippen LogP contribution is 2.45. The molecule has 0 saturated carbocycles. The van der Waals surface area contributed by atoms with Crippen molar-refractivity contribution in [3.05, 3.63) is 94.5 Å². The first-order valence-electron chi connectivity index (χ1n) is 12.9. The number of amides is 1. The third-order valence-corrected chi connectivity index (χ3v) is 6.48. The van der Waals surface area contributed by atoms with E-state index in [1.165, 1.54) is 6.07 Å². The maximum atomic E-state index is 13.7. The smallest absolute Gasteiger partial charge is 0.416 e. The molecule has 0 fully saturated rings. The lowest BCUT2D eigenvalue weighted by molar-refractivity contribution is -0.137. The zero-order chi connectivity index (χ0) is 28.0. The second-order valence-corrected chi connectivity index (χ2v) is 9.21. The Morgan fingerprint density at radius 2 is 1.67 bits per heavy atom. The molecule has 39 heavy (non-hydrogen) atoms. The van der Waals surface area contributed by atoms with Gasteiger partial charge in [-0.25, -0.2) is 4.79 Å². The van der Waals surface area contributed by atoms with E-state index in [1.54, 1.807) is 32.0 Å². The molecule has 3 aromatic rings. The fourth-order valence-corrected chi connectivity index (χ4v) is 4.62. The number of rotatable bonds is 9. The number of ether oxygens (including phenoxy) is 2. The Hall–Kier alpha value is -4.07. The van der Waals surface area contributed by atoms with E-state index >= 15 is 0 Å². The highest BCUT2D eigenvalue weighted by Gasteiger charge is 2.32. The van der Waals surface area contributed by atoms with Gasteiger partial charge >= 0.3 is 12.1 Å². The van der Waals surface area contributed by atoms with Crippen LogP contribution in [0.1, 0.15) is 72.1 Å². The van der Waals surface area contributed by atoms with Crippen LogP contribution < -0.4 is 10.1 Å². The molecule has 0 aromatic heterocycles. The maximum Gasteiger partial charge on any atom is 0.416 e. The Kier molecular flexibility index (Phi) is 8.74. The first-order chi connectivity index (χ1) is 18.7. The Morgan fingerprint density at radius 1 is 0.923 bits per heavy atom. The zero-order valence-electron chi connectivity index (χ0n) is 21.9. The van der Waals surface area contributed by atoms with Gasteiger partial charge in [0.15, 0.2) is 0 Å². The van der Waals surface area contributed by atoms with E-state index in [4.69, 9.17) is 9.47 Å². The van der Waals surface area contributed by atoms with Gasteiger partial charge in [0.1, 0.15) is 12.4 Å². The number of carbonyl (C=O) groups is 2. The fourth-order valence-electron chi connectivity index (χ4n) is 4.62. The first kappa shape index (κ1) is 28.0. The summed E-state index contributed by atoms with van der Waals surface area (Å²) in [5.74, 6) is -0.420. The second kappa shape index (κ2) is 12.2. The van der Waals surface area contributed by atoms with E-state index in [1.807, 2.05) is 30.3 Å². The van der Waals surface area contributed by atoms with Crippen molar-refractivity contribution >= 4 is 28.7 Å². The minimum absolute atomic E-state index is 0.181. The first-order valence-corrected chi connectivity index (χ1v) is 12.9. The standard InChI is InChI=1S/C31H30F3NO4/c1-3-29(36)35-24-16-21(15-22(17-24)30(37)38-4-2)25-11-8-12-26(25)27-18-23(31(32,33)34)13-14-28(27)39-19-20-9-6-5-7-10-20/h5-7,9-10,13-18H,3-4,8,11-12,19H2,1-2H3,(H,35,36). The summed E-state index contributed by atoms with van der Waals surface area (Å²) in [4.78, 5) is 24.7. The van der Waals surface area contributed by atoms with E-state index in [-0.39, 0.29) is 31.1 Å². The summed E-state index contributed by atoms with van der Waals surface area (Å²) < 4.78 is 52.4. The van der Waals surface area contributed by atoms with Crippen molar-refractivity contribution in [1.29, 1.82) is 0 Å². The summed E-state index contributed by atoms with van der Waals surface area (Å²) >= 11 is 0. The molecule has 204 valence electrons. The van der Waals surface area contributed by atoms with Crippen LogP contribution >= 0.6 is 0 Å². The molecule has 0 heterocycles. The van der Waals surface area contributed by atoms with Gasteiger partial charge in [-0.15, -0.1) is 0 Å². The third-order valence-electron chi connectivity index (χ3n) is 6.48. The van der Waals surface area contributed by atoms with Gasteiger partial charge in [0, 0.05) is 17.7 Å². The Labute approximate surface area is 225 Å². The second-order valence-electron chi connectivity index (χ2n) is 9.21. The number of halogens is 3. The molecule has 1 amide bonds. The van der Waals surface area contributed by atoms with Gasteiger partial charge < -0.3 is 14.8 Å². The highest BCUT2D eigenvalue weighted by molar-refractivity contribution is 5.99. The molecule has 0 aliphatic heterocycles. The molecule has 0 saturated heterocycles. The zero-order valence-corrected chi connectivity index (χ0v) is 21.9. The molecule has 5 nitrogen and oxygen atoms in total. The lowest BCUT2D eigenvalue weighted by Crippen LogP contribution is -2.12. The van der Waals surface area contributed by atoms with Crippen LogP contribution in [0.3, 0.4) is 0 Å². The Morgan fingerprint density at radius 3 is 2.36 bits per heavy atom. The number of allylic oxidation sites excluding steroid dienone is 2. The number of alkyl halides is 3. The summed E-state index contributed by atoms with van der Waals surface area (Å²) in [5, 5.41) is 2.78. The monoisotopic (exact) mass is 537 g/mol. The Balaban J connectivity index is 1.82. The normalized spacial score (nSPS) is 13.4. The van der Waals surface area contributed by atoms with E-state index in [9.17, 15) is 22.8 Å². The summed E-state index contributed by atoms with van der Waals surface area (Å²) in [5.41, 5.74) is 3.34. The molecule has 0 spiro atoms. The molecule has 1 N–H and O–H groups in total. The van der Waals surface area contributed by atoms with Crippen molar-refractivity contribution in [2.24, 2.45) is 0 Å². The van der Waals surface area contributed by atoms with Crippen molar-refractivity contribution in [2.75, 3.05) is 11.9 Å². The molecule has 0 atom stereocenters. The Bertz CT molecular complexity index is 1380. The molecule has 3 aromatic carbocycles. The summed E-state index contributed by atoms with van der Waals surface area (Å²) in [6.45, 7) is 3.80. The van der Waals surface area contributed by atoms with Crippen molar-refractivity contribution < 1.29 is 32.2 Å². The van der Waals surface area contributed by atoms with Gasteiger partial charge in [0.2, 0.25) is 5.91 Å². The van der Waals surface area contributed by atoms with Crippen LogP contribution in [0, 0.1) is 0 Å². The van der Waals surface area contributed by atoms with Crippen LogP contribution in [0.2, 0.25) is 0 Å². The SMILES string of the molecule is CCOC(=O)c1cc(NC(=O)CC)cc(C2=C(c3cc(C(F)(F)F)ccc3OCc3ccccc3)CCC2)c1. The molecule has 1 aliphatic rings. The van der Waals surface area contributed by atoms with Crippen LogP contribution in [0.15, 0.2) is 66.7 Å². The lowest BCUT2D eigenvalue weighted by Gasteiger charge is -2.18. The van der Waals surface area contributed by atoms with E-state index in [0.29, 0.717) is 35.4 Å². The molecular formula is C31H30F3NO4. The fraction of sp³-hybridized carbons (Fsp3) is 0.290. The average Bonchev–Trinajstić information content (AvgIpc) is 3.42.